The van der Waals surface area contributed by atoms with Crippen molar-refractivity contribution in [2.45, 2.75) is 37.9 Å². The standard InChI is InChI=1S/C24H25N5O5S/c1-14-21(16(3)34-27-14)35(32,33)28-15(2)23(30)26-22-24(31)29(4)19-13-9-8-12-18(19)20(25-22)17-10-6-5-7-11-17/h5-13,15,22,28H,1-4H3,(H,26,30)/t15-,22?/m0/s1. The molecule has 1 unspecified atom stereocenters. The number of aliphatic imine (C=N–C) groups is 1. The number of fused-ring (bicyclic) bond motifs is 1. The SMILES string of the molecule is Cc1noc(C)c1S(=O)(=O)N[C@@H](C)C(=O)NC1N=C(c2ccccc2)c2ccccc2N(C)C1=O. The largest absolute Gasteiger partial charge is 0.360 e. The van der Waals surface area contributed by atoms with Crippen LogP contribution in [-0.2, 0) is 19.6 Å². The summed E-state index contributed by atoms with van der Waals surface area (Å²) in [6, 6.07) is 15.4. The van der Waals surface area contributed by atoms with E-state index in [2.05, 4.69) is 20.2 Å². The molecule has 11 heteroatoms. The molecule has 10 nitrogen and oxygen atoms in total. The minimum atomic E-state index is -4.09. The van der Waals surface area contributed by atoms with E-state index in [9.17, 15) is 18.0 Å². The molecule has 1 aliphatic heterocycles. The van der Waals surface area contributed by atoms with Gasteiger partial charge in [0.25, 0.3) is 5.91 Å². The third kappa shape index (κ3) is 4.73. The molecule has 3 aromatic rings. The van der Waals surface area contributed by atoms with Gasteiger partial charge in [-0.1, -0.05) is 53.7 Å². The van der Waals surface area contributed by atoms with Crippen LogP contribution in [0.25, 0.3) is 0 Å². The van der Waals surface area contributed by atoms with E-state index in [1.165, 1.54) is 25.7 Å². The number of aryl methyl sites for hydroxylation is 2. The van der Waals surface area contributed by atoms with Gasteiger partial charge in [-0.05, 0) is 26.8 Å². The number of hydrogen-bond acceptors (Lipinski definition) is 7. The van der Waals surface area contributed by atoms with E-state index < -0.39 is 34.0 Å². The van der Waals surface area contributed by atoms with Crippen molar-refractivity contribution < 1.29 is 22.5 Å². The number of benzene rings is 2. The Morgan fingerprint density at radius 2 is 1.74 bits per heavy atom. The van der Waals surface area contributed by atoms with E-state index in [1.54, 1.807) is 13.1 Å². The van der Waals surface area contributed by atoms with Gasteiger partial charge in [0.2, 0.25) is 22.1 Å². The van der Waals surface area contributed by atoms with Crippen LogP contribution in [0.15, 0.2) is 69.0 Å². The monoisotopic (exact) mass is 495 g/mol. The van der Waals surface area contributed by atoms with Crippen LogP contribution in [0.1, 0.15) is 29.5 Å². The topological polar surface area (TPSA) is 134 Å². The molecular formula is C24H25N5O5S. The second-order valence-corrected chi connectivity index (χ2v) is 9.82. The summed E-state index contributed by atoms with van der Waals surface area (Å²) in [7, 11) is -2.49. The van der Waals surface area contributed by atoms with Crippen LogP contribution in [0.5, 0.6) is 0 Å². The zero-order valence-electron chi connectivity index (χ0n) is 19.6. The summed E-state index contributed by atoms with van der Waals surface area (Å²) in [5.74, 6) is -1.07. The molecule has 2 amide bonds. The average Bonchev–Trinajstić information content (AvgIpc) is 3.14. The Morgan fingerprint density at radius 1 is 1.09 bits per heavy atom. The summed E-state index contributed by atoms with van der Waals surface area (Å²) in [4.78, 5) is 32.2. The molecule has 1 aromatic heterocycles. The molecule has 0 saturated heterocycles. The fraction of sp³-hybridized carbons (Fsp3) is 0.250. The van der Waals surface area contributed by atoms with Crippen molar-refractivity contribution in [2.24, 2.45) is 4.99 Å². The first kappa shape index (κ1) is 24.3. The number of carbonyl (C=O) groups excluding carboxylic acids is 2. The molecule has 0 spiro atoms. The summed E-state index contributed by atoms with van der Waals surface area (Å²) < 4.78 is 32.9. The summed E-state index contributed by atoms with van der Waals surface area (Å²) >= 11 is 0. The lowest BCUT2D eigenvalue weighted by atomic mass is 10.0. The number of anilines is 1. The summed E-state index contributed by atoms with van der Waals surface area (Å²) in [6.45, 7) is 4.34. The van der Waals surface area contributed by atoms with Crippen molar-refractivity contribution in [3.05, 3.63) is 77.2 Å². The van der Waals surface area contributed by atoms with Gasteiger partial charge < -0.3 is 14.7 Å². The highest BCUT2D eigenvalue weighted by Gasteiger charge is 2.33. The van der Waals surface area contributed by atoms with Crippen molar-refractivity contribution in [3.8, 4) is 0 Å². The number of likely N-dealkylation sites (N-methyl/N-ethyl adjacent to an activating group) is 1. The molecule has 0 bridgehead atoms. The second kappa shape index (κ2) is 9.43. The minimum Gasteiger partial charge on any atom is -0.360 e. The Kier molecular flexibility index (Phi) is 6.55. The molecular weight excluding hydrogens is 470 g/mol. The summed E-state index contributed by atoms with van der Waals surface area (Å²) in [5, 5.41) is 6.24. The highest BCUT2D eigenvalue weighted by Crippen LogP contribution is 2.27. The van der Waals surface area contributed by atoms with Gasteiger partial charge >= 0.3 is 0 Å². The molecule has 0 fully saturated rings. The lowest BCUT2D eigenvalue weighted by Crippen LogP contribution is -2.52. The van der Waals surface area contributed by atoms with Crippen molar-refractivity contribution in [3.63, 3.8) is 0 Å². The normalized spacial score (nSPS) is 16.8. The van der Waals surface area contributed by atoms with E-state index in [0.29, 0.717) is 11.4 Å². The first-order chi connectivity index (χ1) is 16.6. The van der Waals surface area contributed by atoms with E-state index >= 15 is 0 Å². The van der Waals surface area contributed by atoms with Crippen LogP contribution >= 0.6 is 0 Å². The van der Waals surface area contributed by atoms with Gasteiger partial charge in [0.15, 0.2) is 5.76 Å². The number of amides is 2. The molecule has 0 radical (unpaired) electrons. The Morgan fingerprint density at radius 3 is 2.40 bits per heavy atom. The molecule has 35 heavy (non-hydrogen) atoms. The Bertz CT molecular complexity index is 1400. The number of aromatic nitrogens is 1. The van der Waals surface area contributed by atoms with Gasteiger partial charge in [0.1, 0.15) is 10.6 Å². The number of rotatable bonds is 6. The maximum absolute atomic E-state index is 13.2. The Labute approximate surface area is 203 Å². The van der Waals surface area contributed by atoms with Gasteiger partial charge in [-0.2, -0.15) is 4.72 Å². The molecule has 0 saturated carbocycles. The van der Waals surface area contributed by atoms with E-state index in [0.717, 1.165) is 11.1 Å². The zero-order chi connectivity index (χ0) is 25.3. The lowest BCUT2D eigenvalue weighted by Gasteiger charge is -2.22. The number of para-hydroxylation sites is 1. The van der Waals surface area contributed by atoms with Crippen LogP contribution < -0.4 is 14.9 Å². The van der Waals surface area contributed by atoms with Gasteiger partial charge in [-0.3, -0.25) is 9.59 Å². The molecule has 2 heterocycles. The Balaban J connectivity index is 1.64. The summed E-state index contributed by atoms with van der Waals surface area (Å²) in [5.41, 5.74) is 2.86. The molecule has 2 N–H and O–H groups in total. The zero-order valence-corrected chi connectivity index (χ0v) is 20.5. The number of nitrogens with one attached hydrogen (secondary N) is 2. The predicted molar refractivity (Wildman–Crippen MR) is 130 cm³/mol. The van der Waals surface area contributed by atoms with Gasteiger partial charge in [-0.15, -0.1) is 0 Å². The molecule has 182 valence electrons. The van der Waals surface area contributed by atoms with Gasteiger partial charge in [0.05, 0.1) is 17.4 Å². The van der Waals surface area contributed by atoms with Crippen LogP contribution in [0.4, 0.5) is 5.69 Å². The molecule has 2 aromatic carbocycles. The third-order valence-corrected chi connectivity index (χ3v) is 7.42. The van der Waals surface area contributed by atoms with Crippen LogP contribution in [-0.4, -0.2) is 50.4 Å². The molecule has 0 aliphatic carbocycles. The number of carbonyl (C=O) groups is 2. The van der Waals surface area contributed by atoms with Gasteiger partial charge in [0, 0.05) is 18.2 Å². The van der Waals surface area contributed by atoms with Crippen LogP contribution in [0, 0.1) is 13.8 Å². The highest BCUT2D eigenvalue weighted by atomic mass is 32.2. The second-order valence-electron chi connectivity index (χ2n) is 8.17. The van der Waals surface area contributed by atoms with Crippen molar-refractivity contribution >= 4 is 33.2 Å². The summed E-state index contributed by atoms with van der Waals surface area (Å²) in [6.07, 6.45) is -1.26. The lowest BCUT2D eigenvalue weighted by molar-refractivity contribution is -0.128. The molecule has 1 aliphatic rings. The molecule has 4 rings (SSSR count). The number of benzodiazepines with no additional fused rings is 1. The van der Waals surface area contributed by atoms with Crippen LogP contribution in [0.3, 0.4) is 0 Å². The van der Waals surface area contributed by atoms with Crippen LogP contribution in [0.2, 0.25) is 0 Å². The molecule has 2 atom stereocenters. The van der Waals surface area contributed by atoms with Crippen molar-refractivity contribution in [1.82, 2.24) is 15.2 Å². The van der Waals surface area contributed by atoms with E-state index in [4.69, 9.17) is 4.52 Å². The first-order valence-corrected chi connectivity index (χ1v) is 12.3. The third-order valence-electron chi connectivity index (χ3n) is 5.63. The number of hydrogen-bond donors (Lipinski definition) is 2. The smallest absolute Gasteiger partial charge is 0.272 e. The van der Waals surface area contributed by atoms with E-state index in [1.807, 2.05) is 48.5 Å². The minimum absolute atomic E-state index is 0.109. The van der Waals surface area contributed by atoms with Crippen molar-refractivity contribution in [1.29, 1.82) is 0 Å². The maximum atomic E-state index is 13.2. The van der Waals surface area contributed by atoms with E-state index in [-0.39, 0.29) is 16.3 Å². The van der Waals surface area contributed by atoms with Gasteiger partial charge in [-0.25, -0.2) is 13.4 Å². The van der Waals surface area contributed by atoms with Crippen molar-refractivity contribution in [2.75, 3.05) is 11.9 Å². The average molecular weight is 496 g/mol. The maximum Gasteiger partial charge on any atom is 0.272 e. The number of nitrogens with zero attached hydrogens (tertiary/aromatic N) is 3. The first-order valence-electron chi connectivity index (χ1n) is 10.9. The Hall–Kier alpha value is -3.83. The fourth-order valence-corrected chi connectivity index (χ4v) is 5.44. The highest BCUT2D eigenvalue weighted by molar-refractivity contribution is 7.89. The predicted octanol–water partition coefficient (Wildman–Crippen LogP) is 1.91. The number of sulfonamides is 1. The fourth-order valence-electron chi connectivity index (χ4n) is 3.91. The quantitative estimate of drug-likeness (QED) is 0.537.